The Morgan fingerprint density at radius 1 is 1.12 bits per heavy atom. The first-order valence-electron chi connectivity index (χ1n) is 9.65. The van der Waals surface area contributed by atoms with E-state index >= 15 is 0 Å². The molecule has 1 aromatic rings. The number of likely N-dealkylation sites (tertiary alicyclic amines) is 1. The van der Waals surface area contributed by atoms with E-state index in [0.29, 0.717) is 31.2 Å². The summed E-state index contributed by atoms with van der Waals surface area (Å²) in [6.45, 7) is 0.520. The van der Waals surface area contributed by atoms with Crippen LogP contribution in [0.1, 0.15) is 56.4 Å². The summed E-state index contributed by atoms with van der Waals surface area (Å²) in [6, 6.07) is 10.4. The topological polar surface area (TPSA) is 66.8 Å². The fraction of sp³-hybridized carbons (Fsp3) is 0.619. The van der Waals surface area contributed by atoms with Gasteiger partial charge in [-0.25, -0.2) is 0 Å². The quantitative estimate of drug-likeness (QED) is 0.845. The van der Waals surface area contributed by atoms with Gasteiger partial charge in [-0.15, -0.1) is 0 Å². The summed E-state index contributed by atoms with van der Waals surface area (Å²) in [5, 5.41) is 9.11. The number of carboxylic acids is 1. The number of nitrogens with zero attached hydrogens (tertiary/aromatic N) is 1. The number of ether oxygens (including phenoxy) is 1. The molecule has 0 bridgehead atoms. The van der Waals surface area contributed by atoms with E-state index in [9.17, 15) is 9.59 Å². The number of benzene rings is 1. The third-order valence-corrected chi connectivity index (χ3v) is 6.02. The third kappa shape index (κ3) is 4.64. The molecule has 2 aliphatic rings. The maximum Gasteiger partial charge on any atom is 0.305 e. The molecule has 26 heavy (non-hydrogen) atoms. The molecule has 1 aliphatic carbocycles. The first kappa shape index (κ1) is 18.9. The van der Waals surface area contributed by atoms with Gasteiger partial charge in [-0.1, -0.05) is 30.3 Å². The summed E-state index contributed by atoms with van der Waals surface area (Å²) in [4.78, 5) is 25.7. The minimum atomic E-state index is -0.854. The maximum absolute atomic E-state index is 12.8. The van der Waals surface area contributed by atoms with Gasteiger partial charge in [-0.05, 0) is 49.5 Å². The predicted molar refractivity (Wildman–Crippen MR) is 98.9 cm³/mol. The highest BCUT2D eigenvalue weighted by molar-refractivity contribution is 5.78. The van der Waals surface area contributed by atoms with Crippen molar-refractivity contribution < 1.29 is 19.4 Å². The molecule has 0 aromatic heterocycles. The molecular weight excluding hydrogens is 330 g/mol. The van der Waals surface area contributed by atoms with Gasteiger partial charge in [0.1, 0.15) is 0 Å². The maximum atomic E-state index is 12.8. The van der Waals surface area contributed by atoms with Crippen molar-refractivity contribution in [1.29, 1.82) is 0 Å². The lowest BCUT2D eigenvalue weighted by atomic mass is 9.77. The molecule has 142 valence electrons. The lowest BCUT2D eigenvalue weighted by Gasteiger charge is -2.31. The highest BCUT2D eigenvalue weighted by Crippen LogP contribution is 2.37. The van der Waals surface area contributed by atoms with Crippen LogP contribution in [0.5, 0.6) is 0 Å². The number of carboxylic acid groups (broad SMARTS) is 1. The predicted octanol–water partition coefficient (Wildman–Crippen LogP) is 3.44. The van der Waals surface area contributed by atoms with Crippen LogP contribution in [0, 0.1) is 5.92 Å². The Morgan fingerprint density at radius 3 is 2.42 bits per heavy atom. The van der Waals surface area contributed by atoms with Crippen LogP contribution in [-0.2, 0) is 14.3 Å². The van der Waals surface area contributed by atoms with Crippen molar-refractivity contribution in [2.75, 3.05) is 13.7 Å². The van der Waals surface area contributed by atoms with Crippen LogP contribution in [0.2, 0.25) is 0 Å². The fourth-order valence-corrected chi connectivity index (χ4v) is 4.53. The third-order valence-electron chi connectivity index (χ3n) is 6.02. The molecule has 1 aliphatic heterocycles. The van der Waals surface area contributed by atoms with Crippen molar-refractivity contribution in [3.8, 4) is 0 Å². The number of carbonyl (C=O) groups excluding carboxylic acids is 1. The molecule has 2 unspecified atom stereocenters. The zero-order valence-corrected chi connectivity index (χ0v) is 15.5. The van der Waals surface area contributed by atoms with Crippen LogP contribution in [0.4, 0.5) is 0 Å². The second kappa shape index (κ2) is 8.67. The zero-order valence-electron chi connectivity index (χ0n) is 15.5. The number of carbonyl (C=O) groups is 2. The number of methoxy groups -OCH3 is 1. The Morgan fingerprint density at radius 2 is 1.81 bits per heavy atom. The second-order valence-corrected chi connectivity index (χ2v) is 7.72. The Bertz CT molecular complexity index is 610. The number of hydrogen-bond acceptors (Lipinski definition) is 3. The van der Waals surface area contributed by atoms with Gasteiger partial charge in [-0.3, -0.25) is 9.59 Å². The molecule has 3 rings (SSSR count). The largest absolute Gasteiger partial charge is 0.481 e. The fourth-order valence-electron chi connectivity index (χ4n) is 4.53. The summed E-state index contributed by atoms with van der Waals surface area (Å²) in [5.41, 5.74) is 1.40. The minimum Gasteiger partial charge on any atom is -0.481 e. The van der Waals surface area contributed by atoms with E-state index < -0.39 is 5.97 Å². The molecule has 1 aromatic carbocycles. The van der Waals surface area contributed by atoms with Gasteiger partial charge in [0, 0.05) is 26.1 Å². The smallest absolute Gasteiger partial charge is 0.305 e. The first-order chi connectivity index (χ1) is 12.6. The van der Waals surface area contributed by atoms with Crippen molar-refractivity contribution in [2.24, 2.45) is 5.92 Å². The number of hydrogen-bond donors (Lipinski definition) is 1. The van der Waals surface area contributed by atoms with E-state index in [1.807, 2.05) is 6.07 Å². The van der Waals surface area contributed by atoms with Crippen LogP contribution < -0.4 is 0 Å². The first-order valence-corrected chi connectivity index (χ1v) is 9.65. The van der Waals surface area contributed by atoms with E-state index in [4.69, 9.17) is 9.84 Å². The van der Waals surface area contributed by atoms with E-state index in [0.717, 1.165) is 25.7 Å². The summed E-state index contributed by atoms with van der Waals surface area (Å²) in [6.07, 6.45) is 5.50. The molecule has 1 heterocycles. The monoisotopic (exact) mass is 359 g/mol. The highest BCUT2D eigenvalue weighted by atomic mass is 16.5. The molecule has 1 saturated heterocycles. The Labute approximate surface area is 155 Å². The van der Waals surface area contributed by atoms with Crippen LogP contribution in [0.25, 0.3) is 0 Å². The van der Waals surface area contributed by atoms with E-state index in [1.54, 1.807) is 12.0 Å². The molecule has 1 saturated carbocycles. The summed E-state index contributed by atoms with van der Waals surface area (Å²) in [5.74, 6) is 0.258. The summed E-state index contributed by atoms with van der Waals surface area (Å²) < 4.78 is 5.37. The molecule has 2 fully saturated rings. The van der Waals surface area contributed by atoms with Crippen molar-refractivity contribution in [2.45, 2.75) is 63.0 Å². The Balaban J connectivity index is 1.52. The average Bonchev–Trinajstić information content (AvgIpc) is 3.05. The Kier molecular flexibility index (Phi) is 6.30. The second-order valence-electron chi connectivity index (χ2n) is 7.72. The van der Waals surface area contributed by atoms with Gasteiger partial charge in [0.25, 0.3) is 0 Å². The van der Waals surface area contributed by atoms with E-state index in [-0.39, 0.29) is 24.5 Å². The molecule has 1 amide bonds. The van der Waals surface area contributed by atoms with Gasteiger partial charge in [0.05, 0.1) is 12.5 Å². The van der Waals surface area contributed by atoms with Crippen LogP contribution in [0.3, 0.4) is 0 Å². The highest BCUT2D eigenvalue weighted by Gasteiger charge is 2.37. The summed E-state index contributed by atoms with van der Waals surface area (Å²) in [7, 11) is 1.63. The normalized spacial score (nSPS) is 28.9. The molecule has 5 heteroatoms. The lowest BCUT2D eigenvalue weighted by Crippen LogP contribution is -2.38. The number of aliphatic carboxylic acids is 1. The minimum absolute atomic E-state index is 0.00630. The van der Waals surface area contributed by atoms with E-state index in [2.05, 4.69) is 24.3 Å². The number of amides is 1. The van der Waals surface area contributed by atoms with Crippen molar-refractivity contribution >= 4 is 11.9 Å². The summed E-state index contributed by atoms with van der Waals surface area (Å²) >= 11 is 0. The Hall–Kier alpha value is -1.88. The average molecular weight is 359 g/mol. The van der Waals surface area contributed by atoms with Gasteiger partial charge in [0.15, 0.2) is 0 Å². The van der Waals surface area contributed by atoms with Gasteiger partial charge in [0.2, 0.25) is 5.91 Å². The molecule has 0 spiro atoms. The van der Waals surface area contributed by atoms with Crippen LogP contribution >= 0.6 is 0 Å². The molecular formula is C21H29NO4. The van der Waals surface area contributed by atoms with Gasteiger partial charge >= 0.3 is 5.97 Å². The molecule has 2 atom stereocenters. The van der Waals surface area contributed by atoms with Crippen LogP contribution in [-0.4, -0.2) is 47.7 Å². The lowest BCUT2D eigenvalue weighted by molar-refractivity contribution is -0.140. The SMILES string of the molecule is COC1CC(CC(=O)O)N(C(=O)CC2CCC(c3ccccc3)CC2)C1. The number of rotatable bonds is 6. The van der Waals surface area contributed by atoms with E-state index in [1.165, 1.54) is 5.56 Å². The standard InChI is InChI=1S/C21H29NO4/c1-26-19-12-18(13-21(24)25)22(14-19)20(23)11-15-7-9-17(10-8-15)16-5-3-2-4-6-16/h2-6,15,17-19H,7-14H2,1H3,(H,24,25). The van der Waals surface area contributed by atoms with Crippen molar-refractivity contribution in [1.82, 2.24) is 4.90 Å². The van der Waals surface area contributed by atoms with Crippen LogP contribution in [0.15, 0.2) is 30.3 Å². The van der Waals surface area contributed by atoms with Gasteiger partial charge in [-0.2, -0.15) is 0 Å². The molecule has 0 radical (unpaired) electrons. The van der Waals surface area contributed by atoms with Crippen molar-refractivity contribution in [3.05, 3.63) is 35.9 Å². The van der Waals surface area contributed by atoms with Crippen molar-refractivity contribution in [3.63, 3.8) is 0 Å². The molecule has 1 N–H and O–H groups in total. The zero-order chi connectivity index (χ0) is 18.5. The van der Waals surface area contributed by atoms with Gasteiger partial charge < -0.3 is 14.7 Å². The molecule has 5 nitrogen and oxygen atoms in total.